The van der Waals surface area contributed by atoms with E-state index in [-0.39, 0.29) is 5.91 Å². The normalized spacial score (nSPS) is 11.3. The molecule has 0 aliphatic carbocycles. The van der Waals surface area contributed by atoms with Gasteiger partial charge >= 0.3 is 0 Å². The van der Waals surface area contributed by atoms with Crippen molar-refractivity contribution in [3.8, 4) is 11.3 Å². The summed E-state index contributed by atoms with van der Waals surface area (Å²) in [7, 11) is 0. The standard InChI is InChI=1S/C25H22ClN5O2S/c1-16-8-9-20-21(14-16)34-25(28-20)31(12-5-11-30-13-10-27-15-30)24(32)22-17(2)33-29-23(22)18-6-3-4-7-19(18)26/h3-4,6-10,13-15H,5,11-12H2,1-2H3. The van der Waals surface area contributed by atoms with Gasteiger partial charge in [0.1, 0.15) is 17.0 Å². The number of thiazole rings is 1. The summed E-state index contributed by atoms with van der Waals surface area (Å²) in [4.78, 5) is 24.6. The lowest BCUT2D eigenvalue weighted by molar-refractivity contribution is 0.0985. The number of rotatable bonds is 7. The van der Waals surface area contributed by atoms with E-state index in [1.165, 1.54) is 11.3 Å². The third kappa shape index (κ3) is 4.34. The number of carbonyl (C=O) groups excluding carboxylic acids is 1. The van der Waals surface area contributed by atoms with Crippen LogP contribution in [0.2, 0.25) is 5.02 Å². The average Bonchev–Trinajstić information content (AvgIpc) is 3.56. The van der Waals surface area contributed by atoms with Crippen molar-refractivity contribution in [2.24, 2.45) is 0 Å². The molecule has 0 radical (unpaired) electrons. The average molecular weight is 492 g/mol. The Morgan fingerprint density at radius 3 is 2.85 bits per heavy atom. The molecule has 0 fully saturated rings. The molecule has 0 bridgehead atoms. The van der Waals surface area contributed by atoms with Gasteiger partial charge in [0.25, 0.3) is 5.91 Å². The molecule has 1 amide bonds. The molecule has 0 N–H and O–H groups in total. The molecule has 34 heavy (non-hydrogen) atoms. The van der Waals surface area contributed by atoms with E-state index in [2.05, 4.69) is 16.2 Å². The van der Waals surface area contributed by atoms with E-state index in [1.807, 2.05) is 48.0 Å². The number of halogens is 1. The SMILES string of the molecule is Cc1ccc2nc(N(CCCn3ccnc3)C(=O)c3c(-c4ccccc4Cl)noc3C)sc2c1. The number of carbonyl (C=O) groups is 1. The fourth-order valence-corrected chi connectivity index (χ4v) is 5.16. The van der Waals surface area contributed by atoms with Crippen molar-refractivity contribution >= 4 is 44.2 Å². The van der Waals surface area contributed by atoms with Gasteiger partial charge in [-0.05, 0) is 44.0 Å². The molecule has 3 aromatic heterocycles. The number of fused-ring (bicyclic) bond motifs is 1. The minimum absolute atomic E-state index is 0.213. The number of hydrogen-bond donors (Lipinski definition) is 0. The molecule has 3 heterocycles. The van der Waals surface area contributed by atoms with Crippen molar-refractivity contribution in [2.45, 2.75) is 26.8 Å². The van der Waals surface area contributed by atoms with Crippen molar-refractivity contribution in [1.82, 2.24) is 19.7 Å². The van der Waals surface area contributed by atoms with Crippen LogP contribution in [-0.4, -0.2) is 32.1 Å². The van der Waals surface area contributed by atoms with Crippen LogP contribution < -0.4 is 4.90 Å². The van der Waals surface area contributed by atoms with Gasteiger partial charge in [-0.15, -0.1) is 0 Å². The zero-order valence-electron chi connectivity index (χ0n) is 18.7. The zero-order chi connectivity index (χ0) is 23.7. The Balaban J connectivity index is 1.54. The third-order valence-electron chi connectivity index (χ3n) is 5.57. The van der Waals surface area contributed by atoms with Gasteiger partial charge in [-0.3, -0.25) is 9.69 Å². The summed E-state index contributed by atoms with van der Waals surface area (Å²) in [5, 5.41) is 5.33. The first-order valence-corrected chi connectivity index (χ1v) is 12.1. The van der Waals surface area contributed by atoms with Crippen LogP contribution in [0.15, 0.2) is 65.7 Å². The Kier molecular flexibility index (Phi) is 6.17. The van der Waals surface area contributed by atoms with Crippen LogP contribution in [0.1, 0.15) is 28.1 Å². The molecular formula is C25H22ClN5O2S. The lowest BCUT2D eigenvalue weighted by Crippen LogP contribution is -2.33. The molecule has 7 nitrogen and oxygen atoms in total. The van der Waals surface area contributed by atoms with Gasteiger partial charge in [0.2, 0.25) is 0 Å². The van der Waals surface area contributed by atoms with Gasteiger partial charge in [0, 0.05) is 31.0 Å². The number of amides is 1. The predicted molar refractivity (Wildman–Crippen MR) is 135 cm³/mol. The highest BCUT2D eigenvalue weighted by atomic mass is 35.5. The monoisotopic (exact) mass is 491 g/mol. The van der Waals surface area contributed by atoms with Crippen LogP contribution in [0, 0.1) is 13.8 Å². The topological polar surface area (TPSA) is 77.1 Å². The van der Waals surface area contributed by atoms with Crippen LogP contribution in [0.3, 0.4) is 0 Å². The quantitative estimate of drug-likeness (QED) is 0.272. The maximum absolute atomic E-state index is 14.0. The van der Waals surface area contributed by atoms with E-state index in [4.69, 9.17) is 21.1 Å². The Hall–Kier alpha value is -3.49. The van der Waals surface area contributed by atoms with Gasteiger partial charge in [-0.25, -0.2) is 9.97 Å². The van der Waals surface area contributed by atoms with Crippen LogP contribution in [0.5, 0.6) is 0 Å². The summed E-state index contributed by atoms with van der Waals surface area (Å²) in [6.07, 6.45) is 6.15. The Morgan fingerprint density at radius 1 is 1.21 bits per heavy atom. The van der Waals surface area contributed by atoms with Crippen molar-refractivity contribution in [3.63, 3.8) is 0 Å². The predicted octanol–water partition coefficient (Wildman–Crippen LogP) is 6.16. The van der Waals surface area contributed by atoms with Crippen molar-refractivity contribution in [2.75, 3.05) is 11.4 Å². The molecule has 172 valence electrons. The molecule has 0 unspecified atom stereocenters. The molecule has 0 atom stereocenters. The molecule has 0 spiro atoms. The lowest BCUT2D eigenvalue weighted by atomic mass is 10.1. The first kappa shape index (κ1) is 22.3. The summed E-state index contributed by atoms with van der Waals surface area (Å²) in [5.74, 6) is 0.228. The summed E-state index contributed by atoms with van der Waals surface area (Å²) >= 11 is 7.93. The number of nitrogens with zero attached hydrogens (tertiary/aromatic N) is 5. The molecule has 0 aliphatic rings. The van der Waals surface area contributed by atoms with Gasteiger partial charge in [0.15, 0.2) is 5.13 Å². The fourth-order valence-electron chi connectivity index (χ4n) is 3.85. The molecule has 0 aliphatic heterocycles. The van der Waals surface area contributed by atoms with Crippen LogP contribution in [-0.2, 0) is 6.54 Å². The molecule has 5 rings (SSSR count). The zero-order valence-corrected chi connectivity index (χ0v) is 20.3. The number of hydrogen-bond acceptors (Lipinski definition) is 6. The molecule has 9 heteroatoms. The Labute approximate surface area is 205 Å². The van der Waals surface area contributed by atoms with Crippen molar-refractivity contribution in [1.29, 1.82) is 0 Å². The Morgan fingerprint density at radius 2 is 2.06 bits per heavy atom. The first-order chi connectivity index (χ1) is 16.5. The van der Waals surface area contributed by atoms with Crippen LogP contribution in [0.4, 0.5) is 5.13 Å². The highest BCUT2D eigenvalue weighted by molar-refractivity contribution is 7.22. The maximum Gasteiger partial charge on any atom is 0.265 e. The first-order valence-electron chi connectivity index (χ1n) is 10.9. The molecular weight excluding hydrogens is 470 g/mol. The second kappa shape index (κ2) is 9.40. The highest BCUT2D eigenvalue weighted by Crippen LogP contribution is 2.35. The van der Waals surface area contributed by atoms with E-state index < -0.39 is 0 Å². The second-order valence-electron chi connectivity index (χ2n) is 8.02. The van der Waals surface area contributed by atoms with E-state index in [0.29, 0.717) is 39.3 Å². The van der Waals surface area contributed by atoms with Crippen molar-refractivity contribution in [3.05, 3.63) is 83.1 Å². The highest BCUT2D eigenvalue weighted by Gasteiger charge is 2.29. The third-order valence-corrected chi connectivity index (χ3v) is 6.94. The van der Waals surface area contributed by atoms with Gasteiger partial charge < -0.3 is 9.09 Å². The van der Waals surface area contributed by atoms with Gasteiger partial charge in [-0.2, -0.15) is 0 Å². The maximum atomic E-state index is 14.0. The van der Waals surface area contributed by atoms with Gasteiger partial charge in [-0.1, -0.05) is 52.4 Å². The second-order valence-corrected chi connectivity index (χ2v) is 9.44. The number of aryl methyl sites for hydroxylation is 3. The smallest absolute Gasteiger partial charge is 0.265 e. The molecule has 2 aromatic carbocycles. The molecule has 0 saturated carbocycles. The van der Waals surface area contributed by atoms with E-state index in [1.54, 1.807) is 30.4 Å². The fraction of sp³-hybridized carbons (Fsp3) is 0.200. The molecule has 5 aromatic rings. The Bertz CT molecular complexity index is 1460. The van der Waals surface area contributed by atoms with Crippen LogP contribution in [0.25, 0.3) is 21.5 Å². The van der Waals surface area contributed by atoms with E-state index >= 15 is 0 Å². The summed E-state index contributed by atoms with van der Waals surface area (Å²) in [6, 6.07) is 13.4. The number of benzene rings is 2. The number of aromatic nitrogens is 4. The molecule has 0 saturated heterocycles. The minimum Gasteiger partial charge on any atom is -0.360 e. The summed E-state index contributed by atoms with van der Waals surface area (Å²) < 4.78 is 8.49. The number of imidazole rings is 1. The lowest BCUT2D eigenvalue weighted by Gasteiger charge is -2.20. The van der Waals surface area contributed by atoms with Crippen molar-refractivity contribution < 1.29 is 9.32 Å². The van der Waals surface area contributed by atoms with E-state index in [0.717, 1.165) is 28.7 Å². The van der Waals surface area contributed by atoms with Gasteiger partial charge in [0.05, 0.1) is 21.6 Å². The summed E-state index contributed by atoms with van der Waals surface area (Å²) in [5.41, 5.74) is 3.50. The largest absolute Gasteiger partial charge is 0.360 e. The van der Waals surface area contributed by atoms with Crippen LogP contribution >= 0.6 is 22.9 Å². The minimum atomic E-state index is -0.213. The van der Waals surface area contributed by atoms with E-state index in [9.17, 15) is 4.79 Å². The summed E-state index contributed by atoms with van der Waals surface area (Å²) in [6.45, 7) is 4.99. The number of anilines is 1.